The number of halogens is 1. The number of ether oxygens (including phenoxy) is 2. The number of unbranched alkanes of at least 4 members (excludes halogenated alkanes) is 2. The molecule has 3 rings (SSSR count). The molecule has 1 saturated heterocycles. The molecule has 0 aromatic heterocycles. The molecule has 182 valence electrons. The molecule has 0 amide bonds. The summed E-state index contributed by atoms with van der Waals surface area (Å²) >= 11 is 0. The lowest BCUT2D eigenvalue weighted by atomic mass is 9.86. The Morgan fingerprint density at radius 1 is 1.25 bits per heavy atom. The topological polar surface area (TPSA) is 72.8 Å². The maximum Gasteiger partial charge on any atom is 0.303 e. The summed E-state index contributed by atoms with van der Waals surface area (Å²) < 4.78 is 26.5. The molecule has 0 radical (unpaired) electrons. The number of aliphatic carboxylic acids is 1. The van der Waals surface area contributed by atoms with Crippen LogP contribution in [0.2, 0.25) is 0 Å². The zero-order chi connectivity index (χ0) is 22.9. The molecule has 2 unspecified atom stereocenters. The van der Waals surface area contributed by atoms with E-state index in [-0.39, 0.29) is 30.5 Å². The van der Waals surface area contributed by atoms with Gasteiger partial charge in [-0.2, -0.15) is 0 Å². The first-order valence-electron chi connectivity index (χ1n) is 12.8. The van der Waals surface area contributed by atoms with Gasteiger partial charge in [-0.25, -0.2) is 4.39 Å². The molecular weight excluding hydrogens is 411 g/mol. The van der Waals surface area contributed by atoms with Crippen molar-refractivity contribution < 1.29 is 28.6 Å². The third-order valence-corrected chi connectivity index (χ3v) is 7.57. The van der Waals surface area contributed by atoms with Gasteiger partial charge in [-0.15, -0.1) is 0 Å². The molecule has 6 heteroatoms. The Bertz CT molecular complexity index is 642. The molecule has 6 atom stereocenters. The van der Waals surface area contributed by atoms with Crippen molar-refractivity contribution in [1.82, 2.24) is 0 Å². The molecule has 0 bridgehead atoms. The van der Waals surface area contributed by atoms with E-state index in [0.717, 1.165) is 64.4 Å². The predicted octanol–water partition coefficient (Wildman–Crippen LogP) is 6.00. The molecule has 0 aromatic carbocycles. The Morgan fingerprint density at radius 2 is 2.09 bits per heavy atom. The number of carboxylic acid groups (broad SMARTS) is 1. The number of rotatable bonds is 13. The fraction of sp³-hybridized carbons (Fsp3) is 0.846. The summed E-state index contributed by atoms with van der Waals surface area (Å²) in [5, 5.41) is 8.83. The van der Waals surface area contributed by atoms with Gasteiger partial charge in [0.05, 0.1) is 6.10 Å². The maximum absolute atomic E-state index is 14.2. The summed E-state index contributed by atoms with van der Waals surface area (Å²) in [6.45, 7) is 2.76. The van der Waals surface area contributed by atoms with Crippen LogP contribution in [-0.4, -0.2) is 42.0 Å². The second-order valence-electron chi connectivity index (χ2n) is 9.97. The van der Waals surface area contributed by atoms with Crippen LogP contribution in [0.1, 0.15) is 96.8 Å². The lowest BCUT2D eigenvalue weighted by Gasteiger charge is -2.30. The van der Waals surface area contributed by atoms with Crippen molar-refractivity contribution >= 4 is 11.8 Å². The van der Waals surface area contributed by atoms with E-state index >= 15 is 0 Å². The van der Waals surface area contributed by atoms with E-state index in [4.69, 9.17) is 14.6 Å². The lowest BCUT2D eigenvalue weighted by Crippen LogP contribution is -2.32. The Morgan fingerprint density at radius 3 is 2.81 bits per heavy atom. The summed E-state index contributed by atoms with van der Waals surface area (Å²) in [5.41, 5.74) is 1.42. The molecule has 2 aliphatic carbocycles. The van der Waals surface area contributed by atoms with Gasteiger partial charge in [0.15, 0.2) is 18.2 Å². The first-order valence-corrected chi connectivity index (χ1v) is 12.8. The number of carboxylic acids is 1. The number of hydrogen-bond donors (Lipinski definition) is 1. The average Bonchev–Trinajstić information content (AvgIpc) is 3.31. The number of alkyl halides is 1. The van der Waals surface area contributed by atoms with E-state index in [9.17, 15) is 14.0 Å². The second-order valence-corrected chi connectivity index (χ2v) is 9.97. The highest BCUT2D eigenvalue weighted by atomic mass is 19.1. The molecule has 0 aromatic rings. The number of allylic oxidation sites excluding steroid dienone is 2. The third kappa shape index (κ3) is 7.38. The van der Waals surface area contributed by atoms with Crippen LogP contribution in [0.3, 0.4) is 0 Å². The Kier molecular flexibility index (Phi) is 10.2. The van der Waals surface area contributed by atoms with Crippen LogP contribution in [0.5, 0.6) is 0 Å². The SMILES string of the molecule is CCCCC(F)C(=O)CC[C@@H]1[C@H]2CC(=CCCCC(=O)O)C[C@H]2C[C@H]1OC1CCCCO1. The van der Waals surface area contributed by atoms with E-state index in [1.54, 1.807) is 0 Å². The van der Waals surface area contributed by atoms with Crippen molar-refractivity contribution in [3.63, 3.8) is 0 Å². The van der Waals surface area contributed by atoms with Gasteiger partial charge in [0.2, 0.25) is 0 Å². The van der Waals surface area contributed by atoms with Crippen LogP contribution < -0.4 is 0 Å². The highest BCUT2D eigenvalue weighted by Crippen LogP contribution is 2.52. The van der Waals surface area contributed by atoms with Crippen LogP contribution in [0.4, 0.5) is 4.39 Å². The van der Waals surface area contributed by atoms with Gasteiger partial charge in [-0.3, -0.25) is 9.59 Å². The van der Waals surface area contributed by atoms with Crippen molar-refractivity contribution in [1.29, 1.82) is 0 Å². The maximum atomic E-state index is 14.2. The molecule has 0 spiro atoms. The zero-order valence-electron chi connectivity index (χ0n) is 19.6. The predicted molar refractivity (Wildman–Crippen MR) is 121 cm³/mol. The van der Waals surface area contributed by atoms with Gasteiger partial charge in [0, 0.05) is 19.4 Å². The van der Waals surface area contributed by atoms with Crippen molar-refractivity contribution in [2.24, 2.45) is 17.8 Å². The van der Waals surface area contributed by atoms with E-state index in [0.29, 0.717) is 37.5 Å². The lowest BCUT2D eigenvalue weighted by molar-refractivity contribution is -0.196. The molecule has 2 saturated carbocycles. The van der Waals surface area contributed by atoms with Gasteiger partial charge in [0.25, 0.3) is 0 Å². The van der Waals surface area contributed by atoms with Crippen LogP contribution in [-0.2, 0) is 19.1 Å². The molecule has 1 heterocycles. The molecule has 3 fully saturated rings. The van der Waals surface area contributed by atoms with Gasteiger partial charge in [-0.05, 0) is 82.0 Å². The van der Waals surface area contributed by atoms with E-state index in [1.165, 1.54) is 5.57 Å². The summed E-state index contributed by atoms with van der Waals surface area (Å²) in [6.07, 6.45) is 11.6. The normalized spacial score (nSPS) is 32.2. The minimum absolute atomic E-state index is 0.0863. The van der Waals surface area contributed by atoms with Crippen molar-refractivity contribution in [3.8, 4) is 0 Å². The minimum atomic E-state index is -1.33. The largest absolute Gasteiger partial charge is 0.481 e. The number of Topliss-reactive ketones (excluding diaryl/α,β-unsaturated/α-hetero) is 1. The van der Waals surface area contributed by atoms with Crippen LogP contribution in [0.25, 0.3) is 0 Å². The molecule has 32 heavy (non-hydrogen) atoms. The summed E-state index contributed by atoms with van der Waals surface area (Å²) in [6, 6.07) is 0. The van der Waals surface area contributed by atoms with E-state index < -0.39 is 12.1 Å². The number of carbonyl (C=O) groups is 2. The fourth-order valence-corrected chi connectivity index (χ4v) is 5.85. The van der Waals surface area contributed by atoms with Gasteiger partial charge in [-0.1, -0.05) is 31.4 Å². The number of ketones is 1. The average molecular weight is 453 g/mol. The quantitative estimate of drug-likeness (QED) is 0.274. The monoisotopic (exact) mass is 452 g/mol. The summed E-state index contributed by atoms with van der Waals surface area (Å²) in [4.78, 5) is 23.1. The molecule has 1 N–H and O–H groups in total. The van der Waals surface area contributed by atoms with Crippen molar-refractivity contribution in [2.75, 3.05) is 6.61 Å². The summed E-state index contributed by atoms with van der Waals surface area (Å²) in [5.74, 6) is 0.271. The first kappa shape index (κ1) is 25.4. The molecule has 3 aliphatic rings. The van der Waals surface area contributed by atoms with Gasteiger partial charge >= 0.3 is 5.97 Å². The highest BCUT2D eigenvalue weighted by molar-refractivity contribution is 5.82. The Hall–Kier alpha value is -1.27. The summed E-state index contributed by atoms with van der Waals surface area (Å²) in [7, 11) is 0. The number of fused-ring (bicyclic) bond motifs is 1. The second kappa shape index (κ2) is 12.8. The van der Waals surface area contributed by atoms with E-state index in [2.05, 4.69) is 6.08 Å². The highest BCUT2D eigenvalue weighted by Gasteiger charge is 2.48. The van der Waals surface area contributed by atoms with Crippen molar-refractivity contribution in [2.45, 2.75) is 115 Å². The van der Waals surface area contributed by atoms with E-state index in [1.807, 2.05) is 6.92 Å². The Labute approximate surface area is 192 Å². The van der Waals surface area contributed by atoms with Gasteiger partial charge < -0.3 is 14.6 Å². The van der Waals surface area contributed by atoms with Gasteiger partial charge in [0.1, 0.15) is 0 Å². The first-order chi connectivity index (χ1) is 15.5. The van der Waals surface area contributed by atoms with Crippen LogP contribution >= 0.6 is 0 Å². The van der Waals surface area contributed by atoms with Crippen molar-refractivity contribution in [3.05, 3.63) is 11.6 Å². The third-order valence-electron chi connectivity index (χ3n) is 7.57. The van der Waals surface area contributed by atoms with Crippen LogP contribution in [0.15, 0.2) is 11.6 Å². The van der Waals surface area contributed by atoms with Crippen LogP contribution in [0, 0.1) is 17.8 Å². The molecular formula is C26H41FO5. The number of hydrogen-bond acceptors (Lipinski definition) is 4. The smallest absolute Gasteiger partial charge is 0.303 e. The standard InChI is InChI=1S/C26H41FO5/c1-2-3-9-22(27)23(28)13-12-20-21-16-18(8-4-5-10-25(29)30)15-19(21)17-24(20)32-26-11-6-7-14-31-26/h8,19-22,24,26H,2-7,9-17H2,1H3,(H,29,30)/t19-,20+,21-,22?,24+,26?/m0/s1. The Balaban J connectivity index is 1.58. The molecule has 1 aliphatic heterocycles. The minimum Gasteiger partial charge on any atom is -0.481 e. The zero-order valence-corrected chi connectivity index (χ0v) is 19.6. The fourth-order valence-electron chi connectivity index (χ4n) is 5.85. The number of carbonyl (C=O) groups excluding carboxylic acids is 1. The molecule has 5 nitrogen and oxygen atoms in total.